The Morgan fingerprint density at radius 2 is 1.89 bits per heavy atom. The van der Waals surface area contributed by atoms with Gasteiger partial charge in [0.2, 0.25) is 0 Å². The van der Waals surface area contributed by atoms with Gasteiger partial charge < -0.3 is 0 Å². The van der Waals surface area contributed by atoms with Crippen LogP contribution in [0.15, 0.2) is 29.6 Å². The minimum Gasteiger partial charge on any atom is -0.241 e. The molecular weight excluding hydrogens is 271 g/mol. The summed E-state index contributed by atoms with van der Waals surface area (Å²) in [7, 11) is 0. The van der Waals surface area contributed by atoms with Crippen LogP contribution in [-0.4, -0.2) is 4.98 Å². The monoisotopic (exact) mass is 287 g/mol. The molecule has 0 aliphatic carbocycles. The molecule has 0 fully saturated rings. The summed E-state index contributed by atoms with van der Waals surface area (Å²) in [5, 5.41) is 2.50. The Labute approximate surface area is 115 Å². The number of hydrogen-bond acceptors (Lipinski definition) is 2. The van der Waals surface area contributed by atoms with E-state index in [4.69, 9.17) is 0 Å². The van der Waals surface area contributed by atoms with Gasteiger partial charge in [-0.25, -0.2) is 4.98 Å². The summed E-state index contributed by atoms with van der Waals surface area (Å²) in [4.78, 5) is 4.27. The standard InChI is InChI=1S/C12H10F3NS.C2H6/c1-2-10-7-17-11(16-10)8-4-3-5-9(6-8)12(13,14)15;1-2/h3-7H,2H2,1H3;1-2H3. The number of thiazole rings is 1. The molecule has 0 radical (unpaired) electrons. The molecule has 1 heterocycles. The van der Waals surface area contributed by atoms with Gasteiger partial charge >= 0.3 is 6.18 Å². The summed E-state index contributed by atoms with van der Waals surface area (Å²) in [5.41, 5.74) is 0.787. The van der Waals surface area contributed by atoms with E-state index in [9.17, 15) is 13.2 Å². The average Bonchev–Trinajstić information content (AvgIpc) is 2.89. The zero-order chi connectivity index (χ0) is 14.5. The molecule has 0 saturated carbocycles. The molecule has 0 bridgehead atoms. The van der Waals surface area contributed by atoms with E-state index in [2.05, 4.69) is 4.98 Å². The van der Waals surface area contributed by atoms with Gasteiger partial charge in [0.05, 0.1) is 11.3 Å². The minimum atomic E-state index is -4.30. The molecule has 0 atom stereocenters. The lowest BCUT2D eigenvalue weighted by molar-refractivity contribution is -0.137. The predicted molar refractivity (Wildman–Crippen MR) is 73.3 cm³/mol. The number of aryl methyl sites for hydroxylation is 1. The van der Waals surface area contributed by atoms with Gasteiger partial charge in [0.1, 0.15) is 5.01 Å². The minimum absolute atomic E-state index is 0.518. The van der Waals surface area contributed by atoms with Gasteiger partial charge in [-0.2, -0.15) is 13.2 Å². The van der Waals surface area contributed by atoms with Gasteiger partial charge in [-0.3, -0.25) is 0 Å². The highest BCUT2D eigenvalue weighted by Crippen LogP contribution is 2.33. The molecule has 2 aromatic rings. The van der Waals surface area contributed by atoms with E-state index in [1.54, 1.807) is 6.07 Å². The number of hydrogen-bond donors (Lipinski definition) is 0. The van der Waals surface area contributed by atoms with E-state index >= 15 is 0 Å². The number of benzene rings is 1. The molecule has 0 spiro atoms. The Hall–Kier alpha value is -1.36. The molecule has 2 rings (SSSR count). The lowest BCUT2D eigenvalue weighted by Crippen LogP contribution is -2.04. The van der Waals surface area contributed by atoms with Crippen LogP contribution in [0.5, 0.6) is 0 Å². The van der Waals surface area contributed by atoms with Crippen molar-refractivity contribution < 1.29 is 13.2 Å². The largest absolute Gasteiger partial charge is 0.416 e. The van der Waals surface area contributed by atoms with E-state index in [0.29, 0.717) is 10.6 Å². The molecule has 1 aromatic heterocycles. The van der Waals surface area contributed by atoms with Crippen molar-refractivity contribution in [2.75, 3.05) is 0 Å². The van der Waals surface area contributed by atoms with Crippen LogP contribution in [-0.2, 0) is 12.6 Å². The molecule has 19 heavy (non-hydrogen) atoms. The van der Waals surface area contributed by atoms with E-state index in [1.165, 1.54) is 17.4 Å². The van der Waals surface area contributed by atoms with Gasteiger partial charge in [0.25, 0.3) is 0 Å². The second kappa shape index (κ2) is 6.70. The van der Waals surface area contributed by atoms with Crippen LogP contribution in [0, 0.1) is 0 Å². The van der Waals surface area contributed by atoms with Crippen LogP contribution in [0.1, 0.15) is 32.0 Å². The summed E-state index contributed by atoms with van der Waals surface area (Å²) in [6, 6.07) is 5.26. The number of nitrogens with zero attached hydrogens (tertiary/aromatic N) is 1. The first-order chi connectivity index (χ1) is 9.00. The van der Waals surface area contributed by atoms with Crippen molar-refractivity contribution in [2.24, 2.45) is 0 Å². The quantitative estimate of drug-likeness (QED) is 0.719. The van der Waals surface area contributed by atoms with Gasteiger partial charge in [-0.15, -0.1) is 11.3 Å². The Morgan fingerprint density at radius 3 is 2.42 bits per heavy atom. The normalized spacial score (nSPS) is 10.8. The topological polar surface area (TPSA) is 12.9 Å². The maximum atomic E-state index is 12.5. The Kier molecular flexibility index (Phi) is 5.54. The number of halogens is 3. The van der Waals surface area contributed by atoms with Crippen molar-refractivity contribution in [3.8, 4) is 10.6 Å². The zero-order valence-corrected chi connectivity index (χ0v) is 11.9. The van der Waals surface area contributed by atoms with Crippen molar-refractivity contribution in [2.45, 2.75) is 33.4 Å². The van der Waals surface area contributed by atoms with Crippen molar-refractivity contribution in [3.05, 3.63) is 40.9 Å². The van der Waals surface area contributed by atoms with Gasteiger partial charge in [0, 0.05) is 10.9 Å². The third-order valence-corrected chi connectivity index (χ3v) is 3.29. The molecule has 1 aromatic carbocycles. The second-order valence-corrected chi connectivity index (χ2v) is 4.43. The Morgan fingerprint density at radius 1 is 1.21 bits per heavy atom. The van der Waals surface area contributed by atoms with Crippen LogP contribution in [0.2, 0.25) is 0 Å². The van der Waals surface area contributed by atoms with Crippen LogP contribution >= 0.6 is 11.3 Å². The first kappa shape index (κ1) is 15.7. The van der Waals surface area contributed by atoms with E-state index in [0.717, 1.165) is 24.2 Å². The van der Waals surface area contributed by atoms with Crippen molar-refractivity contribution in [1.82, 2.24) is 4.98 Å². The fraction of sp³-hybridized carbons (Fsp3) is 0.357. The summed E-state index contributed by atoms with van der Waals surface area (Å²) < 4.78 is 37.6. The van der Waals surface area contributed by atoms with Crippen molar-refractivity contribution >= 4 is 11.3 Å². The maximum absolute atomic E-state index is 12.5. The SMILES string of the molecule is CC.CCc1csc(-c2cccc(C(F)(F)F)c2)n1. The summed E-state index contributed by atoms with van der Waals surface area (Å²) in [5.74, 6) is 0. The lowest BCUT2D eigenvalue weighted by Gasteiger charge is -2.07. The fourth-order valence-corrected chi connectivity index (χ4v) is 2.33. The molecule has 0 amide bonds. The van der Waals surface area contributed by atoms with Crippen LogP contribution < -0.4 is 0 Å². The molecule has 5 heteroatoms. The number of rotatable bonds is 2. The van der Waals surface area contributed by atoms with Crippen LogP contribution in [0.25, 0.3) is 10.6 Å². The molecule has 1 nitrogen and oxygen atoms in total. The van der Waals surface area contributed by atoms with E-state index in [-0.39, 0.29) is 0 Å². The molecular formula is C14H16F3NS. The predicted octanol–water partition coefficient (Wildman–Crippen LogP) is 5.42. The second-order valence-electron chi connectivity index (χ2n) is 3.58. The van der Waals surface area contributed by atoms with Crippen molar-refractivity contribution in [3.63, 3.8) is 0 Å². The summed E-state index contributed by atoms with van der Waals surface area (Å²) in [6.07, 6.45) is -3.52. The molecule has 0 N–H and O–H groups in total. The molecule has 0 aliphatic rings. The number of aromatic nitrogens is 1. The highest BCUT2D eigenvalue weighted by molar-refractivity contribution is 7.13. The lowest BCUT2D eigenvalue weighted by atomic mass is 10.1. The van der Waals surface area contributed by atoms with Crippen molar-refractivity contribution in [1.29, 1.82) is 0 Å². The summed E-state index contributed by atoms with van der Waals surface area (Å²) in [6.45, 7) is 5.96. The first-order valence-electron chi connectivity index (χ1n) is 6.12. The maximum Gasteiger partial charge on any atom is 0.416 e. The Bertz CT molecular complexity index is 517. The van der Waals surface area contributed by atoms with Gasteiger partial charge in [-0.1, -0.05) is 32.9 Å². The van der Waals surface area contributed by atoms with Crippen LogP contribution in [0.4, 0.5) is 13.2 Å². The highest BCUT2D eigenvalue weighted by Gasteiger charge is 2.30. The smallest absolute Gasteiger partial charge is 0.241 e. The third kappa shape index (κ3) is 4.06. The van der Waals surface area contributed by atoms with E-state index < -0.39 is 11.7 Å². The molecule has 104 valence electrons. The number of alkyl halides is 3. The molecule has 0 aliphatic heterocycles. The van der Waals surface area contributed by atoms with Gasteiger partial charge in [-0.05, 0) is 18.6 Å². The van der Waals surface area contributed by atoms with E-state index in [1.807, 2.05) is 26.2 Å². The first-order valence-corrected chi connectivity index (χ1v) is 7.00. The molecule has 0 saturated heterocycles. The Balaban J connectivity index is 0.000000861. The van der Waals surface area contributed by atoms with Gasteiger partial charge in [0.15, 0.2) is 0 Å². The molecule has 0 unspecified atom stereocenters. The third-order valence-electron chi connectivity index (χ3n) is 2.35. The fourth-order valence-electron chi connectivity index (χ4n) is 1.43. The average molecular weight is 287 g/mol. The van der Waals surface area contributed by atoms with Crippen LogP contribution in [0.3, 0.4) is 0 Å². The summed E-state index contributed by atoms with van der Waals surface area (Å²) >= 11 is 1.37. The zero-order valence-electron chi connectivity index (χ0n) is 11.1. The highest BCUT2D eigenvalue weighted by atomic mass is 32.1.